The van der Waals surface area contributed by atoms with Crippen LogP contribution >= 0.6 is 22.7 Å². The number of aryl methyl sites for hydroxylation is 1. The third-order valence-electron chi connectivity index (χ3n) is 4.84. The molecule has 8 nitrogen and oxygen atoms in total. The number of rotatable bonds is 6. The number of halogens is 1. The first-order chi connectivity index (χ1) is 16.5. The SMILES string of the molecule is Cc1noc2nc(-c3cccs3)cc(C(=O)OCC(=O)Nc3nc(-c4ccc(F)cc4)cs3)c12. The van der Waals surface area contributed by atoms with Crippen molar-refractivity contribution in [2.45, 2.75) is 6.92 Å². The van der Waals surface area contributed by atoms with Gasteiger partial charge in [0.2, 0.25) is 0 Å². The van der Waals surface area contributed by atoms with Crippen LogP contribution < -0.4 is 5.32 Å². The van der Waals surface area contributed by atoms with Crippen LogP contribution in [0.5, 0.6) is 0 Å². The van der Waals surface area contributed by atoms with Gasteiger partial charge in [0.15, 0.2) is 11.7 Å². The number of thiophene rings is 1. The molecule has 1 N–H and O–H groups in total. The van der Waals surface area contributed by atoms with E-state index in [1.807, 2.05) is 17.5 Å². The molecule has 0 aliphatic rings. The maximum atomic E-state index is 13.1. The fraction of sp³-hybridized carbons (Fsp3) is 0.0870. The molecule has 1 aromatic carbocycles. The number of hydrogen-bond acceptors (Lipinski definition) is 9. The fourth-order valence-corrected chi connectivity index (χ4v) is 4.68. The fourth-order valence-electron chi connectivity index (χ4n) is 3.25. The van der Waals surface area contributed by atoms with Gasteiger partial charge in [-0.3, -0.25) is 10.1 Å². The summed E-state index contributed by atoms with van der Waals surface area (Å²) in [6.07, 6.45) is 0. The Morgan fingerprint density at radius 1 is 1.12 bits per heavy atom. The first-order valence-corrected chi connectivity index (χ1v) is 11.7. The van der Waals surface area contributed by atoms with Gasteiger partial charge < -0.3 is 9.26 Å². The molecule has 4 aromatic heterocycles. The number of ether oxygens (including phenoxy) is 1. The number of thiazole rings is 1. The van der Waals surface area contributed by atoms with Crippen molar-refractivity contribution in [3.8, 4) is 21.8 Å². The molecule has 0 aliphatic carbocycles. The lowest BCUT2D eigenvalue weighted by Gasteiger charge is -2.07. The third-order valence-corrected chi connectivity index (χ3v) is 6.49. The summed E-state index contributed by atoms with van der Waals surface area (Å²) in [6.45, 7) is 1.19. The first kappa shape index (κ1) is 21.9. The maximum absolute atomic E-state index is 13.1. The number of esters is 1. The topological polar surface area (TPSA) is 107 Å². The van der Waals surface area contributed by atoms with Crippen molar-refractivity contribution in [2.75, 3.05) is 11.9 Å². The summed E-state index contributed by atoms with van der Waals surface area (Å²) in [6, 6.07) is 11.2. The van der Waals surface area contributed by atoms with Gasteiger partial charge in [0.05, 0.1) is 32.9 Å². The lowest BCUT2D eigenvalue weighted by atomic mass is 10.1. The predicted molar refractivity (Wildman–Crippen MR) is 126 cm³/mol. The van der Waals surface area contributed by atoms with E-state index < -0.39 is 18.5 Å². The number of hydrogen-bond donors (Lipinski definition) is 1. The summed E-state index contributed by atoms with van der Waals surface area (Å²) in [5.74, 6) is -1.58. The van der Waals surface area contributed by atoms with Crippen LogP contribution in [0.2, 0.25) is 0 Å². The number of pyridine rings is 1. The van der Waals surface area contributed by atoms with E-state index in [4.69, 9.17) is 9.26 Å². The van der Waals surface area contributed by atoms with Crippen LogP contribution in [-0.2, 0) is 9.53 Å². The zero-order valence-electron chi connectivity index (χ0n) is 17.6. The Morgan fingerprint density at radius 2 is 1.94 bits per heavy atom. The standard InChI is InChI=1S/C23H15FN4O4S2/c1-12-20-15(9-16(18-3-2-8-33-18)25-21(20)32-28-12)22(30)31-10-19(29)27-23-26-17(11-34-23)13-4-6-14(24)7-5-13/h2-9,11H,10H2,1H3,(H,26,27,29). The summed E-state index contributed by atoms with van der Waals surface area (Å²) in [5, 5.41) is 10.9. The molecule has 0 saturated carbocycles. The van der Waals surface area contributed by atoms with E-state index in [1.54, 1.807) is 30.5 Å². The second-order valence-electron chi connectivity index (χ2n) is 7.15. The molecule has 0 atom stereocenters. The normalized spacial score (nSPS) is 11.0. The molecule has 170 valence electrons. The van der Waals surface area contributed by atoms with E-state index >= 15 is 0 Å². The molecule has 0 spiro atoms. The van der Waals surface area contributed by atoms with E-state index in [2.05, 4.69) is 20.4 Å². The van der Waals surface area contributed by atoms with E-state index in [0.29, 0.717) is 27.6 Å². The first-order valence-electron chi connectivity index (χ1n) is 9.97. The number of carbonyl (C=O) groups excluding carboxylic acids is 2. The average molecular weight is 495 g/mol. The molecule has 0 fully saturated rings. The predicted octanol–water partition coefficient (Wildman–Crippen LogP) is 5.32. The molecule has 5 rings (SSSR count). The Kier molecular flexibility index (Phi) is 5.86. The largest absolute Gasteiger partial charge is 0.452 e. The summed E-state index contributed by atoms with van der Waals surface area (Å²) in [4.78, 5) is 34.8. The van der Waals surface area contributed by atoms with Crippen LogP contribution in [-0.4, -0.2) is 33.6 Å². The summed E-state index contributed by atoms with van der Waals surface area (Å²) in [7, 11) is 0. The van der Waals surface area contributed by atoms with Crippen LogP contribution in [0.3, 0.4) is 0 Å². The molecule has 4 heterocycles. The number of nitrogens with one attached hydrogen (secondary N) is 1. The molecular weight excluding hydrogens is 479 g/mol. The third kappa shape index (κ3) is 4.43. The number of carbonyl (C=O) groups is 2. The van der Waals surface area contributed by atoms with E-state index in [9.17, 15) is 14.0 Å². The molecule has 1 amide bonds. The van der Waals surface area contributed by atoms with Gasteiger partial charge >= 0.3 is 5.97 Å². The van der Waals surface area contributed by atoms with Gasteiger partial charge in [-0.15, -0.1) is 22.7 Å². The molecule has 11 heteroatoms. The highest BCUT2D eigenvalue weighted by Crippen LogP contribution is 2.30. The van der Waals surface area contributed by atoms with Crippen molar-refractivity contribution >= 4 is 50.8 Å². The highest BCUT2D eigenvalue weighted by atomic mass is 32.1. The Balaban J connectivity index is 1.29. The molecular formula is C23H15FN4O4S2. The second kappa shape index (κ2) is 9.12. The number of amides is 1. The Morgan fingerprint density at radius 3 is 2.71 bits per heavy atom. The van der Waals surface area contributed by atoms with Gasteiger partial charge in [0.1, 0.15) is 5.82 Å². The van der Waals surface area contributed by atoms with Gasteiger partial charge in [-0.05, 0) is 48.7 Å². The van der Waals surface area contributed by atoms with Crippen LogP contribution in [0.25, 0.3) is 32.9 Å². The van der Waals surface area contributed by atoms with Crippen molar-refractivity contribution in [3.63, 3.8) is 0 Å². The average Bonchev–Trinajstić information content (AvgIpc) is 3.59. The van der Waals surface area contributed by atoms with Crippen molar-refractivity contribution in [1.82, 2.24) is 15.1 Å². The molecule has 0 bridgehead atoms. The maximum Gasteiger partial charge on any atom is 0.339 e. The highest BCUT2D eigenvalue weighted by Gasteiger charge is 2.21. The number of aromatic nitrogens is 3. The van der Waals surface area contributed by atoms with Crippen LogP contribution in [0.4, 0.5) is 9.52 Å². The molecule has 34 heavy (non-hydrogen) atoms. The molecule has 0 radical (unpaired) electrons. The zero-order valence-corrected chi connectivity index (χ0v) is 19.2. The number of benzene rings is 1. The smallest absolute Gasteiger partial charge is 0.339 e. The van der Waals surface area contributed by atoms with Gasteiger partial charge in [-0.1, -0.05) is 11.2 Å². The van der Waals surface area contributed by atoms with Gasteiger partial charge in [-0.2, -0.15) is 0 Å². The highest BCUT2D eigenvalue weighted by molar-refractivity contribution is 7.14. The van der Waals surface area contributed by atoms with E-state index in [1.165, 1.54) is 34.8 Å². The molecule has 0 aliphatic heterocycles. The summed E-state index contributed by atoms with van der Waals surface area (Å²) < 4.78 is 23.6. The minimum absolute atomic E-state index is 0.216. The van der Waals surface area contributed by atoms with Crippen molar-refractivity contribution in [2.24, 2.45) is 0 Å². The Bertz CT molecular complexity index is 1490. The molecule has 5 aromatic rings. The second-order valence-corrected chi connectivity index (χ2v) is 8.96. The minimum Gasteiger partial charge on any atom is -0.452 e. The van der Waals surface area contributed by atoms with Crippen molar-refractivity contribution < 1.29 is 23.2 Å². The van der Waals surface area contributed by atoms with E-state index in [-0.39, 0.29) is 17.1 Å². The quantitative estimate of drug-likeness (QED) is 0.318. The summed E-state index contributed by atoms with van der Waals surface area (Å²) >= 11 is 2.68. The Hall–Kier alpha value is -3.96. The minimum atomic E-state index is -0.696. The number of anilines is 1. The Labute approximate surface area is 200 Å². The monoisotopic (exact) mass is 494 g/mol. The van der Waals surface area contributed by atoms with Gasteiger partial charge in [-0.25, -0.2) is 19.2 Å². The zero-order chi connectivity index (χ0) is 23.7. The number of nitrogens with zero attached hydrogens (tertiary/aromatic N) is 3. The lowest BCUT2D eigenvalue weighted by Crippen LogP contribution is -2.21. The van der Waals surface area contributed by atoms with Gasteiger partial charge in [0, 0.05) is 10.9 Å². The van der Waals surface area contributed by atoms with Gasteiger partial charge in [0.25, 0.3) is 11.6 Å². The molecule has 0 saturated heterocycles. The molecule has 0 unspecified atom stereocenters. The van der Waals surface area contributed by atoms with Crippen molar-refractivity contribution in [1.29, 1.82) is 0 Å². The van der Waals surface area contributed by atoms with Crippen LogP contribution in [0, 0.1) is 12.7 Å². The summed E-state index contributed by atoms with van der Waals surface area (Å²) in [5.41, 5.74) is 2.79. The van der Waals surface area contributed by atoms with Crippen LogP contribution in [0.1, 0.15) is 16.1 Å². The lowest BCUT2D eigenvalue weighted by molar-refractivity contribution is -0.119. The van der Waals surface area contributed by atoms with E-state index in [0.717, 1.165) is 10.4 Å². The number of fused-ring (bicyclic) bond motifs is 1. The van der Waals surface area contributed by atoms with Crippen LogP contribution in [0.15, 0.2) is 57.7 Å². The van der Waals surface area contributed by atoms with Crippen molar-refractivity contribution in [3.05, 3.63) is 70.3 Å².